The molecular weight excluding hydrogens is 288 g/mol. The van der Waals surface area contributed by atoms with E-state index in [9.17, 15) is 0 Å². The highest BCUT2D eigenvalue weighted by Crippen LogP contribution is 2.12. The third kappa shape index (κ3) is 4.03. The van der Waals surface area contributed by atoms with E-state index in [0.717, 1.165) is 50.7 Å². The van der Waals surface area contributed by atoms with Crippen molar-refractivity contribution in [3.63, 3.8) is 0 Å². The first-order chi connectivity index (χ1) is 10.2. The highest BCUT2D eigenvalue weighted by atomic mass is 35.5. The molecule has 1 aliphatic rings. The maximum Gasteiger partial charge on any atom is 0.150 e. The van der Waals surface area contributed by atoms with Crippen LogP contribution in [0.2, 0.25) is 5.15 Å². The Morgan fingerprint density at radius 3 is 2.43 bits per heavy atom. The van der Waals surface area contributed by atoms with Crippen LogP contribution in [-0.4, -0.2) is 46.1 Å². The molecule has 0 saturated carbocycles. The van der Waals surface area contributed by atoms with Gasteiger partial charge in [-0.1, -0.05) is 22.8 Å². The largest absolute Gasteiger partial charge is 0.360 e. The normalized spacial score (nSPS) is 17.2. The molecule has 112 valence electrons. The van der Waals surface area contributed by atoms with Crippen LogP contribution in [0.5, 0.6) is 0 Å². The van der Waals surface area contributed by atoms with Crippen molar-refractivity contribution < 1.29 is 4.52 Å². The lowest BCUT2D eigenvalue weighted by Crippen LogP contribution is -2.45. The number of aryl methyl sites for hydroxylation is 1. The second-order valence-electron chi connectivity index (χ2n) is 5.48. The summed E-state index contributed by atoms with van der Waals surface area (Å²) in [5, 5.41) is 4.48. The third-order valence-corrected chi connectivity index (χ3v) is 3.94. The van der Waals surface area contributed by atoms with Gasteiger partial charge in [0.15, 0.2) is 5.76 Å². The summed E-state index contributed by atoms with van der Waals surface area (Å²) in [7, 11) is 0. The lowest BCUT2D eigenvalue weighted by Gasteiger charge is -2.34. The van der Waals surface area contributed by atoms with Gasteiger partial charge in [-0.15, -0.1) is 0 Å². The van der Waals surface area contributed by atoms with Crippen molar-refractivity contribution in [2.24, 2.45) is 0 Å². The molecule has 1 saturated heterocycles. The van der Waals surface area contributed by atoms with Crippen molar-refractivity contribution >= 4 is 11.6 Å². The Bertz CT molecular complexity index is 576. The molecule has 1 fully saturated rings. The molecule has 2 aromatic heterocycles. The third-order valence-electron chi connectivity index (χ3n) is 3.72. The SMILES string of the molecule is Cc1cc(CN2CCN(Cc3ccc(Cl)nc3)CC2)on1. The minimum atomic E-state index is 0.547. The van der Waals surface area contributed by atoms with Crippen molar-refractivity contribution in [1.29, 1.82) is 0 Å². The number of piperazine rings is 1. The zero-order chi connectivity index (χ0) is 14.7. The van der Waals surface area contributed by atoms with Crippen molar-refractivity contribution in [3.8, 4) is 0 Å². The maximum atomic E-state index is 5.81. The molecule has 3 heterocycles. The van der Waals surface area contributed by atoms with Gasteiger partial charge < -0.3 is 4.52 Å². The molecule has 0 atom stereocenters. The fraction of sp³-hybridized carbons (Fsp3) is 0.467. The molecule has 5 nitrogen and oxygen atoms in total. The van der Waals surface area contributed by atoms with Gasteiger partial charge in [0.1, 0.15) is 5.15 Å². The van der Waals surface area contributed by atoms with Crippen molar-refractivity contribution in [1.82, 2.24) is 19.9 Å². The van der Waals surface area contributed by atoms with Crippen molar-refractivity contribution in [3.05, 3.63) is 46.6 Å². The van der Waals surface area contributed by atoms with E-state index in [0.29, 0.717) is 5.15 Å². The zero-order valence-electron chi connectivity index (χ0n) is 12.1. The van der Waals surface area contributed by atoms with E-state index in [-0.39, 0.29) is 0 Å². The summed E-state index contributed by atoms with van der Waals surface area (Å²) in [6, 6.07) is 5.89. The van der Waals surface area contributed by atoms with Crippen LogP contribution in [0.25, 0.3) is 0 Å². The fourth-order valence-corrected chi connectivity index (χ4v) is 2.69. The molecule has 3 rings (SSSR count). The molecule has 0 radical (unpaired) electrons. The maximum absolute atomic E-state index is 5.81. The van der Waals surface area contributed by atoms with Gasteiger partial charge >= 0.3 is 0 Å². The summed E-state index contributed by atoms with van der Waals surface area (Å²) in [5.41, 5.74) is 2.15. The first-order valence-corrected chi connectivity index (χ1v) is 7.54. The summed E-state index contributed by atoms with van der Waals surface area (Å²) in [6.45, 7) is 7.91. The quantitative estimate of drug-likeness (QED) is 0.811. The average molecular weight is 307 g/mol. The summed E-state index contributed by atoms with van der Waals surface area (Å²) in [5.74, 6) is 0.947. The molecule has 0 aliphatic carbocycles. The number of pyridine rings is 1. The zero-order valence-corrected chi connectivity index (χ0v) is 12.9. The highest BCUT2D eigenvalue weighted by molar-refractivity contribution is 6.29. The molecule has 1 aliphatic heterocycles. The van der Waals surface area contributed by atoms with Gasteiger partial charge in [-0.05, 0) is 18.6 Å². The first-order valence-electron chi connectivity index (χ1n) is 7.16. The number of halogens is 1. The van der Waals surface area contributed by atoms with Crippen molar-refractivity contribution in [2.45, 2.75) is 20.0 Å². The average Bonchev–Trinajstić information content (AvgIpc) is 2.89. The van der Waals surface area contributed by atoms with Gasteiger partial charge in [0, 0.05) is 45.0 Å². The van der Waals surface area contributed by atoms with Crippen LogP contribution in [0, 0.1) is 6.92 Å². The molecule has 0 unspecified atom stereocenters. The molecule has 0 N–H and O–H groups in total. The smallest absolute Gasteiger partial charge is 0.150 e. The standard InChI is InChI=1S/C15H19ClN4O/c1-12-8-14(21-18-12)11-20-6-4-19(5-7-20)10-13-2-3-15(16)17-9-13/h2-3,8-9H,4-7,10-11H2,1H3. The van der Waals surface area contributed by atoms with E-state index in [4.69, 9.17) is 16.1 Å². The molecule has 6 heteroatoms. The van der Waals surface area contributed by atoms with Crippen LogP contribution < -0.4 is 0 Å². The van der Waals surface area contributed by atoms with Gasteiger partial charge in [0.05, 0.1) is 12.2 Å². The number of rotatable bonds is 4. The van der Waals surface area contributed by atoms with E-state index in [1.54, 1.807) is 0 Å². The molecule has 21 heavy (non-hydrogen) atoms. The summed E-state index contributed by atoms with van der Waals surface area (Å²) < 4.78 is 5.27. The van der Waals surface area contributed by atoms with Gasteiger partial charge in [-0.2, -0.15) is 0 Å². The molecule has 2 aromatic rings. The van der Waals surface area contributed by atoms with E-state index in [2.05, 4.69) is 19.9 Å². The summed E-state index contributed by atoms with van der Waals surface area (Å²) in [4.78, 5) is 8.96. The fourth-order valence-electron chi connectivity index (χ4n) is 2.57. The lowest BCUT2D eigenvalue weighted by molar-refractivity contribution is 0.113. The van der Waals surface area contributed by atoms with Gasteiger partial charge in [0.2, 0.25) is 0 Å². The van der Waals surface area contributed by atoms with Crippen LogP contribution in [0.4, 0.5) is 0 Å². The summed E-state index contributed by atoms with van der Waals surface area (Å²) in [6.07, 6.45) is 1.85. The first kappa shape index (κ1) is 14.5. The molecule has 0 bridgehead atoms. The van der Waals surface area contributed by atoms with Crippen LogP contribution in [0.3, 0.4) is 0 Å². The molecular formula is C15H19ClN4O. The predicted molar refractivity (Wildman–Crippen MR) is 81.0 cm³/mol. The van der Waals surface area contributed by atoms with Crippen LogP contribution >= 0.6 is 11.6 Å². The second-order valence-corrected chi connectivity index (χ2v) is 5.86. The molecule has 0 spiro atoms. The molecule has 0 amide bonds. The van der Waals surface area contributed by atoms with Gasteiger partial charge in [0.25, 0.3) is 0 Å². The Kier molecular flexibility index (Phi) is 4.53. The number of hydrogen-bond acceptors (Lipinski definition) is 5. The van der Waals surface area contributed by atoms with E-state index in [1.165, 1.54) is 5.56 Å². The van der Waals surface area contributed by atoms with Gasteiger partial charge in [-0.3, -0.25) is 9.80 Å². The number of hydrogen-bond donors (Lipinski definition) is 0. The van der Waals surface area contributed by atoms with Crippen LogP contribution in [0.15, 0.2) is 28.9 Å². The van der Waals surface area contributed by atoms with Crippen molar-refractivity contribution in [2.75, 3.05) is 26.2 Å². The monoisotopic (exact) mass is 306 g/mol. The van der Waals surface area contributed by atoms with Gasteiger partial charge in [-0.25, -0.2) is 4.98 Å². The predicted octanol–water partition coefficient (Wildman–Crippen LogP) is 2.35. The lowest BCUT2D eigenvalue weighted by atomic mass is 10.2. The topological polar surface area (TPSA) is 45.4 Å². The van der Waals surface area contributed by atoms with Crippen LogP contribution in [0.1, 0.15) is 17.0 Å². The highest BCUT2D eigenvalue weighted by Gasteiger charge is 2.18. The molecule has 0 aromatic carbocycles. The number of aromatic nitrogens is 2. The number of nitrogens with zero attached hydrogens (tertiary/aromatic N) is 4. The van der Waals surface area contributed by atoms with E-state index in [1.807, 2.05) is 31.3 Å². The van der Waals surface area contributed by atoms with E-state index >= 15 is 0 Å². The second kappa shape index (κ2) is 6.56. The Hall–Kier alpha value is -1.43. The Labute approximate surface area is 129 Å². The van der Waals surface area contributed by atoms with E-state index < -0.39 is 0 Å². The Morgan fingerprint density at radius 1 is 1.14 bits per heavy atom. The Morgan fingerprint density at radius 2 is 1.86 bits per heavy atom. The minimum Gasteiger partial charge on any atom is -0.360 e. The summed E-state index contributed by atoms with van der Waals surface area (Å²) >= 11 is 5.81. The van der Waals surface area contributed by atoms with Crippen LogP contribution in [-0.2, 0) is 13.1 Å². The Balaban J connectivity index is 1.47. The minimum absolute atomic E-state index is 0.547.